The maximum Gasteiger partial charge on any atom is 0.261 e. The predicted octanol–water partition coefficient (Wildman–Crippen LogP) is 4.70. The van der Waals surface area contributed by atoms with Crippen LogP contribution in [-0.2, 0) is 0 Å². The molecule has 0 fully saturated rings. The maximum absolute atomic E-state index is 12.4. The second-order valence-electron chi connectivity index (χ2n) is 5.68. The van der Waals surface area contributed by atoms with Crippen molar-refractivity contribution in [2.24, 2.45) is 0 Å². The third-order valence-corrected chi connectivity index (χ3v) is 6.62. The van der Waals surface area contributed by atoms with E-state index < -0.39 is 0 Å². The summed E-state index contributed by atoms with van der Waals surface area (Å²) in [6, 6.07) is 14.2. The standard InChI is InChI=1S/C18H12ClN3O2S3/c19-11-5-7-12(8-6-11)22-18(25)27-17(20-22)26-10-9-21-15(23)13-3-1-2-4-14(13)16(21)24/h1-8H,9-10H2. The summed E-state index contributed by atoms with van der Waals surface area (Å²) in [6.07, 6.45) is 0. The molecule has 0 aliphatic carbocycles. The maximum atomic E-state index is 12.4. The lowest BCUT2D eigenvalue weighted by molar-refractivity contribution is 0.0664. The fourth-order valence-corrected chi connectivity index (χ4v) is 5.21. The molecule has 0 unspecified atom stereocenters. The summed E-state index contributed by atoms with van der Waals surface area (Å²) < 4.78 is 3.09. The van der Waals surface area contributed by atoms with E-state index in [2.05, 4.69) is 5.10 Å². The minimum Gasteiger partial charge on any atom is -0.273 e. The molecule has 2 amide bonds. The molecule has 5 nitrogen and oxygen atoms in total. The zero-order chi connectivity index (χ0) is 19.0. The highest BCUT2D eigenvalue weighted by Gasteiger charge is 2.34. The van der Waals surface area contributed by atoms with E-state index in [1.54, 1.807) is 41.1 Å². The minimum atomic E-state index is -0.240. The lowest BCUT2D eigenvalue weighted by Gasteiger charge is -2.12. The van der Waals surface area contributed by atoms with Crippen molar-refractivity contribution >= 4 is 58.7 Å². The van der Waals surface area contributed by atoms with E-state index in [9.17, 15) is 9.59 Å². The van der Waals surface area contributed by atoms with Gasteiger partial charge in [0.2, 0.25) is 0 Å². The number of hydrogen-bond acceptors (Lipinski definition) is 6. The molecule has 0 saturated heterocycles. The first-order chi connectivity index (χ1) is 13.0. The number of amides is 2. The topological polar surface area (TPSA) is 55.2 Å². The largest absolute Gasteiger partial charge is 0.273 e. The van der Waals surface area contributed by atoms with Gasteiger partial charge in [-0.3, -0.25) is 14.5 Å². The Hall–Kier alpha value is -2.00. The Bertz CT molecular complexity index is 1060. The van der Waals surface area contributed by atoms with Gasteiger partial charge in [-0.1, -0.05) is 46.8 Å². The molecular formula is C18H12ClN3O2S3. The van der Waals surface area contributed by atoms with E-state index in [0.29, 0.717) is 32.4 Å². The van der Waals surface area contributed by atoms with Crippen LogP contribution in [-0.4, -0.2) is 38.8 Å². The minimum absolute atomic E-state index is 0.240. The molecule has 136 valence electrons. The Balaban J connectivity index is 1.43. The van der Waals surface area contributed by atoms with E-state index in [1.165, 1.54) is 28.0 Å². The van der Waals surface area contributed by atoms with Crippen LogP contribution in [0.4, 0.5) is 0 Å². The van der Waals surface area contributed by atoms with Crippen LogP contribution in [0.1, 0.15) is 20.7 Å². The van der Waals surface area contributed by atoms with Crippen LogP contribution in [0.3, 0.4) is 0 Å². The van der Waals surface area contributed by atoms with Crippen LogP contribution in [0, 0.1) is 3.95 Å². The van der Waals surface area contributed by atoms with Crippen molar-refractivity contribution in [2.75, 3.05) is 12.3 Å². The zero-order valence-corrected chi connectivity index (χ0v) is 17.0. The average molecular weight is 434 g/mol. The van der Waals surface area contributed by atoms with Crippen LogP contribution in [0.25, 0.3) is 5.69 Å². The molecule has 0 radical (unpaired) electrons. The number of rotatable bonds is 5. The van der Waals surface area contributed by atoms with Crippen LogP contribution in [0.5, 0.6) is 0 Å². The molecule has 3 aromatic rings. The van der Waals surface area contributed by atoms with Gasteiger partial charge in [-0.05, 0) is 48.6 Å². The summed E-state index contributed by atoms with van der Waals surface area (Å²) in [5, 5.41) is 5.16. The zero-order valence-electron chi connectivity index (χ0n) is 13.8. The molecule has 0 saturated carbocycles. The van der Waals surface area contributed by atoms with Gasteiger partial charge in [0.1, 0.15) is 0 Å². The Morgan fingerprint density at radius 3 is 2.30 bits per heavy atom. The van der Waals surface area contributed by atoms with Gasteiger partial charge >= 0.3 is 0 Å². The monoisotopic (exact) mass is 433 g/mol. The fraction of sp³-hybridized carbons (Fsp3) is 0.111. The van der Waals surface area contributed by atoms with Crippen LogP contribution in [0.2, 0.25) is 5.02 Å². The molecule has 1 aliphatic heterocycles. The second kappa shape index (κ2) is 7.55. The number of fused-ring (bicyclic) bond motifs is 1. The lowest BCUT2D eigenvalue weighted by atomic mass is 10.1. The van der Waals surface area contributed by atoms with Crippen molar-refractivity contribution in [2.45, 2.75) is 4.34 Å². The molecule has 0 N–H and O–H groups in total. The predicted molar refractivity (Wildman–Crippen MR) is 110 cm³/mol. The highest BCUT2D eigenvalue weighted by molar-refractivity contribution is 8.01. The first-order valence-electron chi connectivity index (χ1n) is 7.99. The molecular weight excluding hydrogens is 422 g/mol. The Kier molecular flexibility index (Phi) is 5.14. The normalized spacial score (nSPS) is 13.3. The number of imide groups is 1. The summed E-state index contributed by atoms with van der Waals surface area (Å²) in [5.41, 5.74) is 1.78. The summed E-state index contributed by atoms with van der Waals surface area (Å²) >= 11 is 14.2. The number of carbonyl (C=O) groups is 2. The third kappa shape index (κ3) is 3.58. The van der Waals surface area contributed by atoms with Gasteiger partial charge in [0.25, 0.3) is 11.8 Å². The van der Waals surface area contributed by atoms with E-state index in [1.807, 2.05) is 12.1 Å². The molecule has 4 rings (SSSR count). The van der Waals surface area contributed by atoms with Crippen molar-refractivity contribution < 1.29 is 9.59 Å². The first kappa shape index (κ1) is 18.4. The molecule has 0 spiro atoms. The Morgan fingerprint density at radius 2 is 1.67 bits per heavy atom. The summed E-state index contributed by atoms with van der Waals surface area (Å²) in [4.78, 5) is 26.0. The quantitative estimate of drug-likeness (QED) is 0.331. The van der Waals surface area contributed by atoms with E-state index >= 15 is 0 Å². The van der Waals surface area contributed by atoms with Gasteiger partial charge < -0.3 is 0 Å². The molecule has 1 aromatic heterocycles. The third-order valence-electron chi connectivity index (χ3n) is 4.02. The van der Waals surface area contributed by atoms with Crippen LogP contribution < -0.4 is 0 Å². The molecule has 27 heavy (non-hydrogen) atoms. The summed E-state index contributed by atoms with van der Waals surface area (Å²) in [5.74, 6) is 0.0695. The van der Waals surface area contributed by atoms with E-state index in [0.717, 1.165) is 10.0 Å². The average Bonchev–Trinajstić information content (AvgIpc) is 3.15. The smallest absolute Gasteiger partial charge is 0.261 e. The molecule has 0 bridgehead atoms. The lowest BCUT2D eigenvalue weighted by Crippen LogP contribution is -2.31. The Morgan fingerprint density at radius 1 is 1.04 bits per heavy atom. The number of benzene rings is 2. The second-order valence-corrected chi connectivity index (χ2v) is 9.08. The van der Waals surface area contributed by atoms with Crippen molar-refractivity contribution in [3.63, 3.8) is 0 Å². The van der Waals surface area contributed by atoms with Gasteiger partial charge in [-0.2, -0.15) is 0 Å². The van der Waals surface area contributed by atoms with Gasteiger partial charge in [-0.15, -0.1) is 5.10 Å². The highest BCUT2D eigenvalue weighted by Crippen LogP contribution is 2.27. The van der Waals surface area contributed by atoms with Crippen molar-refractivity contribution in [1.29, 1.82) is 0 Å². The number of hydrogen-bond donors (Lipinski definition) is 0. The molecule has 0 atom stereocenters. The highest BCUT2D eigenvalue weighted by atomic mass is 35.5. The SMILES string of the molecule is O=C1c2ccccc2C(=O)N1CCSc1nn(-c2ccc(Cl)cc2)c(=S)s1. The summed E-state index contributed by atoms with van der Waals surface area (Å²) in [7, 11) is 0. The Labute approximate surface area is 173 Å². The van der Waals surface area contributed by atoms with Gasteiger partial charge in [0.05, 0.1) is 16.8 Å². The van der Waals surface area contributed by atoms with Crippen LogP contribution in [0.15, 0.2) is 52.9 Å². The van der Waals surface area contributed by atoms with E-state index in [4.69, 9.17) is 23.8 Å². The first-order valence-corrected chi connectivity index (χ1v) is 10.6. The van der Waals surface area contributed by atoms with E-state index in [-0.39, 0.29) is 11.8 Å². The number of thioether (sulfide) groups is 1. The molecule has 1 aliphatic rings. The summed E-state index contributed by atoms with van der Waals surface area (Å²) in [6.45, 7) is 0.324. The fourth-order valence-electron chi connectivity index (χ4n) is 2.73. The molecule has 2 aromatic carbocycles. The van der Waals surface area contributed by atoms with Crippen molar-refractivity contribution in [3.8, 4) is 5.69 Å². The van der Waals surface area contributed by atoms with Gasteiger partial charge in [0.15, 0.2) is 8.29 Å². The number of carbonyl (C=O) groups excluding carboxylic acids is 2. The molecule has 2 heterocycles. The van der Waals surface area contributed by atoms with Gasteiger partial charge in [-0.25, -0.2) is 4.68 Å². The number of aromatic nitrogens is 2. The van der Waals surface area contributed by atoms with Crippen molar-refractivity contribution in [1.82, 2.24) is 14.7 Å². The van der Waals surface area contributed by atoms with Gasteiger partial charge in [0, 0.05) is 17.3 Å². The van der Waals surface area contributed by atoms with Crippen molar-refractivity contribution in [3.05, 3.63) is 68.6 Å². The van der Waals surface area contributed by atoms with Crippen LogP contribution >= 0.6 is 46.9 Å². The number of halogens is 1. The number of nitrogens with zero attached hydrogens (tertiary/aromatic N) is 3. The molecule has 9 heteroatoms.